The Balaban J connectivity index is 1.50. The second-order valence-electron chi connectivity index (χ2n) is 5.48. The van der Waals surface area contributed by atoms with Gasteiger partial charge in [-0.2, -0.15) is 0 Å². The molecule has 0 atom stereocenters. The average Bonchev–Trinajstić information content (AvgIpc) is 3.19. The third-order valence-electron chi connectivity index (χ3n) is 3.91. The molecule has 7 heteroatoms. The molecule has 3 aromatic heterocycles. The van der Waals surface area contributed by atoms with E-state index in [1.807, 2.05) is 6.07 Å². The second kappa shape index (κ2) is 5.90. The molecule has 3 heterocycles. The lowest BCUT2D eigenvalue weighted by atomic mass is 9.99. The van der Waals surface area contributed by atoms with Crippen molar-refractivity contribution in [2.45, 2.75) is 32.3 Å². The molecule has 0 saturated carbocycles. The van der Waals surface area contributed by atoms with E-state index in [1.54, 1.807) is 11.6 Å². The number of hydrogen-bond donors (Lipinski definition) is 0. The molecule has 0 bridgehead atoms. The predicted molar refractivity (Wildman–Crippen MR) is 89.4 cm³/mol. The van der Waals surface area contributed by atoms with Crippen LogP contribution in [-0.4, -0.2) is 15.4 Å². The molecule has 0 spiro atoms. The van der Waals surface area contributed by atoms with Crippen LogP contribution in [0.15, 0.2) is 28.5 Å². The maximum atomic E-state index is 12.2. The molecule has 0 aromatic carbocycles. The summed E-state index contributed by atoms with van der Waals surface area (Å²) >= 11 is 2.90. The van der Waals surface area contributed by atoms with Gasteiger partial charge in [0.2, 0.25) is 0 Å². The highest BCUT2D eigenvalue weighted by Crippen LogP contribution is 2.30. The van der Waals surface area contributed by atoms with Crippen LogP contribution in [0.5, 0.6) is 0 Å². The minimum absolute atomic E-state index is 0.0189. The van der Waals surface area contributed by atoms with Gasteiger partial charge in [-0.25, -0.2) is 9.78 Å². The van der Waals surface area contributed by atoms with Gasteiger partial charge in [-0.1, -0.05) is 0 Å². The van der Waals surface area contributed by atoms with Gasteiger partial charge < -0.3 is 4.74 Å². The van der Waals surface area contributed by atoms with Crippen molar-refractivity contribution in [1.82, 2.24) is 9.38 Å². The first-order valence-corrected chi connectivity index (χ1v) is 9.15. The Morgan fingerprint density at radius 1 is 1.30 bits per heavy atom. The largest absolute Gasteiger partial charge is 0.455 e. The highest BCUT2D eigenvalue weighted by atomic mass is 32.1. The molecular weight excluding hydrogens is 332 g/mol. The number of esters is 1. The molecule has 0 radical (unpaired) electrons. The smallest absolute Gasteiger partial charge is 0.348 e. The molecule has 4 rings (SSSR count). The Morgan fingerprint density at radius 2 is 2.17 bits per heavy atom. The first kappa shape index (κ1) is 14.6. The number of nitrogens with zero attached hydrogens (tertiary/aromatic N) is 2. The fourth-order valence-electron chi connectivity index (χ4n) is 2.76. The van der Waals surface area contributed by atoms with Gasteiger partial charge in [0.15, 0.2) is 4.96 Å². The van der Waals surface area contributed by atoms with Gasteiger partial charge >= 0.3 is 5.97 Å². The second-order valence-corrected chi connectivity index (χ2v) is 7.49. The van der Waals surface area contributed by atoms with Crippen molar-refractivity contribution >= 4 is 33.6 Å². The van der Waals surface area contributed by atoms with E-state index in [4.69, 9.17) is 4.74 Å². The van der Waals surface area contributed by atoms with Crippen LogP contribution in [0.25, 0.3) is 4.96 Å². The first-order valence-electron chi connectivity index (χ1n) is 7.45. The van der Waals surface area contributed by atoms with Crippen molar-refractivity contribution in [2.75, 3.05) is 0 Å². The lowest BCUT2D eigenvalue weighted by Crippen LogP contribution is -2.14. The Bertz CT molecular complexity index is 915. The summed E-state index contributed by atoms with van der Waals surface area (Å²) in [6, 6.07) is 3.36. The molecule has 0 aliphatic heterocycles. The molecule has 1 aliphatic carbocycles. The molecule has 5 nitrogen and oxygen atoms in total. The molecular formula is C16H14N2O3S2. The summed E-state index contributed by atoms with van der Waals surface area (Å²) < 4.78 is 6.81. The van der Waals surface area contributed by atoms with E-state index in [9.17, 15) is 9.59 Å². The van der Waals surface area contributed by atoms with E-state index in [1.165, 1.54) is 56.4 Å². The number of fused-ring (bicyclic) bond motifs is 2. The van der Waals surface area contributed by atoms with Crippen molar-refractivity contribution in [3.8, 4) is 0 Å². The normalized spacial score (nSPS) is 13.9. The quantitative estimate of drug-likeness (QED) is 0.684. The van der Waals surface area contributed by atoms with Crippen LogP contribution >= 0.6 is 22.7 Å². The van der Waals surface area contributed by atoms with Crippen LogP contribution in [0.3, 0.4) is 0 Å². The summed E-state index contributed by atoms with van der Waals surface area (Å²) in [5.74, 6) is -0.336. The number of thiazole rings is 1. The summed E-state index contributed by atoms with van der Waals surface area (Å²) in [6.45, 7) is 0.0189. The van der Waals surface area contributed by atoms with E-state index in [2.05, 4.69) is 4.98 Å². The van der Waals surface area contributed by atoms with Gasteiger partial charge in [0, 0.05) is 22.5 Å². The summed E-state index contributed by atoms with van der Waals surface area (Å²) in [4.78, 5) is 31.0. The molecule has 3 aromatic rings. The predicted octanol–water partition coefficient (Wildman–Crippen LogP) is 3.05. The Kier molecular flexibility index (Phi) is 3.74. The van der Waals surface area contributed by atoms with Crippen molar-refractivity contribution in [3.05, 3.63) is 55.1 Å². The highest BCUT2D eigenvalue weighted by Gasteiger charge is 2.18. The first-order chi connectivity index (χ1) is 11.2. The third kappa shape index (κ3) is 2.82. The third-order valence-corrected chi connectivity index (χ3v) is 5.88. The van der Waals surface area contributed by atoms with Crippen LogP contribution in [0.4, 0.5) is 0 Å². The number of ether oxygens (including phenoxy) is 1. The maximum absolute atomic E-state index is 12.2. The van der Waals surface area contributed by atoms with Gasteiger partial charge in [0.25, 0.3) is 5.56 Å². The summed E-state index contributed by atoms with van der Waals surface area (Å²) in [6.07, 6.45) is 6.16. The zero-order valence-electron chi connectivity index (χ0n) is 12.3. The van der Waals surface area contributed by atoms with Crippen molar-refractivity contribution < 1.29 is 9.53 Å². The molecule has 0 N–H and O–H groups in total. The summed E-state index contributed by atoms with van der Waals surface area (Å²) in [5, 5.41) is 1.80. The lowest BCUT2D eigenvalue weighted by Gasteiger charge is -2.08. The lowest BCUT2D eigenvalue weighted by molar-refractivity contribution is 0.0473. The SMILES string of the molecule is O=C(OCc1cc(=O)n2ccsc2n1)c1cc2c(s1)CCCC2. The van der Waals surface area contributed by atoms with Crippen molar-refractivity contribution in [2.24, 2.45) is 0 Å². The van der Waals surface area contributed by atoms with Crippen LogP contribution in [-0.2, 0) is 24.2 Å². The number of hydrogen-bond acceptors (Lipinski definition) is 6. The highest BCUT2D eigenvalue weighted by molar-refractivity contribution is 7.15. The molecule has 0 fully saturated rings. The minimum atomic E-state index is -0.336. The monoisotopic (exact) mass is 346 g/mol. The Morgan fingerprint density at radius 3 is 3.04 bits per heavy atom. The standard InChI is InChI=1S/C16H14N2O3S2/c19-14-8-11(17-16-18(14)5-6-22-16)9-21-15(20)13-7-10-3-1-2-4-12(10)23-13/h5-8H,1-4,9H2. The van der Waals surface area contributed by atoms with E-state index >= 15 is 0 Å². The molecule has 0 saturated heterocycles. The molecule has 0 amide bonds. The topological polar surface area (TPSA) is 60.7 Å². The van der Waals surface area contributed by atoms with Gasteiger partial charge in [0.05, 0.1) is 5.69 Å². The van der Waals surface area contributed by atoms with E-state index in [-0.39, 0.29) is 18.1 Å². The van der Waals surface area contributed by atoms with E-state index in [0.717, 1.165) is 12.8 Å². The minimum Gasteiger partial charge on any atom is -0.455 e. The Labute approximate surface area is 140 Å². The van der Waals surface area contributed by atoms with Gasteiger partial charge in [-0.3, -0.25) is 9.20 Å². The van der Waals surface area contributed by atoms with Crippen LogP contribution < -0.4 is 5.56 Å². The fourth-order valence-corrected chi connectivity index (χ4v) is 4.65. The number of aromatic nitrogens is 2. The van der Waals surface area contributed by atoms with Gasteiger partial charge in [-0.05, 0) is 37.3 Å². The van der Waals surface area contributed by atoms with E-state index < -0.39 is 0 Å². The van der Waals surface area contributed by atoms with Gasteiger partial charge in [0.1, 0.15) is 11.5 Å². The van der Waals surface area contributed by atoms with Crippen LogP contribution in [0.1, 0.15) is 38.6 Å². The van der Waals surface area contributed by atoms with E-state index in [0.29, 0.717) is 15.5 Å². The number of thiophene rings is 1. The number of aryl methyl sites for hydroxylation is 2. The van der Waals surface area contributed by atoms with Crippen LogP contribution in [0, 0.1) is 0 Å². The molecule has 0 unspecified atom stereocenters. The maximum Gasteiger partial charge on any atom is 0.348 e. The van der Waals surface area contributed by atoms with Gasteiger partial charge in [-0.15, -0.1) is 22.7 Å². The average molecular weight is 346 g/mol. The van der Waals surface area contributed by atoms with Crippen molar-refractivity contribution in [3.63, 3.8) is 0 Å². The number of rotatable bonds is 3. The Hall–Kier alpha value is -1.99. The molecule has 23 heavy (non-hydrogen) atoms. The zero-order valence-corrected chi connectivity index (χ0v) is 13.9. The van der Waals surface area contributed by atoms with Crippen LogP contribution in [0.2, 0.25) is 0 Å². The summed E-state index contributed by atoms with van der Waals surface area (Å²) in [5.41, 5.74) is 1.60. The zero-order chi connectivity index (χ0) is 15.8. The van der Waals surface area contributed by atoms with Crippen molar-refractivity contribution in [1.29, 1.82) is 0 Å². The fraction of sp³-hybridized carbons (Fsp3) is 0.312. The number of carbonyl (C=O) groups excluding carboxylic acids is 1. The summed E-state index contributed by atoms with van der Waals surface area (Å²) in [7, 11) is 0. The molecule has 1 aliphatic rings. The molecule has 118 valence electrons. The number of carbonyl (C=O) groups is 1.